The molecule has 0 saturated carbocycles. The average Bonchev–Trinajstić information content (AvgIpc) is 3.15. The first-order valence-corrected chi connectivity index (χ1v) is 8.73. The Bertz CT molecular complexity index is 654. The lowest BCUT2D eigenvalue weighted by molar-refractivity contribution is -0.135. The number of hydrogen-bond acceptors (Lipinski definition) is 3. The summed E-state index contributed by atoms with van der Waals surface area (Å²) in [7, 11) is 0. The van der Waals surface area contributed by atoms with Gasteiger partial charge >= 0.3 is 0 Å². The van der Waals surface area contributed by atoms with E-state index in [-0.39, 0.29) is 11.8 Å². The molecule has 1 aliphatic heterocycles. The van der Waals surface area contributed by atoms with Crippen molar-refractivity contribution >= 4 is 17.5 Å². The van der Waals surface area contributed by atoms with Gasteiger partial charge in [0, 0.05) is 37.1 Å². The molecule has 3 rings (SSSR count). The molecular formula is C19H22ClN3O. The van der Waals surface area contributed by atoms with Crippen molar-refractivity contribution in [3.05, 3.63) is 64.9 Å². The Morgan fingerprint density at radius 1 is 1.17 bits per heavy atom. The van der Waals surface area contributed by atoms with Crippen LogP contribution < -0.4 is 5.32 Å². The maximum atomic E-state index is 12.9. The molecule has 126 valence electrons. The Hall–Kier alpha value is -1.91. The zero-order valence-electron chi connectivity index (χ0n) is 13.6. The summed E-state index contributed by atoms with van der Waals surface area (Å²) in [5.74, 6) is 0.336. The molecule has 1 fully saturated rings. The minimum absolute atomic E-state index is 0.0945. The Labute approximate surface area is 147 Å². The van der Waals surface area contributed by atoms with Crippen molar-refractivity contribution in [2.75, 3.05) is 19.6 Å². The molecule has 1 amide bonds. The molecule has 0 radical (unpaired) electrons. The quantitative estimate of drug-likeness (QED) is 0.877. The van der Waals surface area contributed by atoms with Gasteiger partial charge < -0.3 is 10.2 Å². The van der Waals surface area contributed by atoms with Gasteiger partial charge in [0.1, 0.15) is 0 Å². The number of nitrogens with zero attached hydrogens (tertiary/aromatic N) is 2. The lowest BCUT2D eigenvalue weighted by Gasteiger charge is -2.25. The number of rotatable bonds is 6. The third kappa shape index (κ3) is 4.56. The monoisotopic (exact) mass is 343 g/mol. The van der Waals surface area contributed by atoms with Crippen LogP contribution in [0.1, 0.15) is 17.5 Å². The number of benzene rings is 1. The molecule has 0 unspecified atom stereocenters. The summed E-state index contributed by atoms with van der Waals surface area (Å²) in [6.45, 7) is 3.05. The van der Waals surface area contributed by atoms with E-state index in [1.807, 2.05) is 41.3 Å². The van der Waals surface area contributed by atoms with Gasteiger partial charge in [0.25, 0.3) is 0 Å². The fourth-order valence-electron chi connectivity index (χ4n) is 3.01. The van der Waals surface area contributed by atoms with Crippen LogP contribution in [0.2, 0.25) is 5.02 Å². The van der Waals surface area contributed by atoms with Crippen LogP contribution in [-0.4, -0.2) is 35.4 Å². The van der Waals surface area contributed by atoms with Crippen molar-refractivity contribution in [2.45, 2.75) is 19.4 Å². The average molecular weight is 344 g/mol. The van der Waals surface area contributed by atoms with E-state index in [9.17, 15) is 4.79 Å². The summed E-state index contributed by atoms with van der Waals surface area (Å²) in [5, 5.41) is 4.02. The Kier molecular flexibility index (Phi) is 5.83. The van der Waals surface area contributed by atoms with Crippen molar-refractivity contribution in [1.82, 2.24) is 15.2 Å². The molecule has 1 atom stereocenters. The molecule has 2 aromatic rings. The fourth-order valence-corrected chi connectivity index (χ4v) is 3.14. The first kappa shape index (κ1) is 16.9. The molecule has 24 heavy (non-hydrogen) atoms. The molecule has 1 aromatic heterocycles. The topological polar surface area (TPSA) is 45.2 Å². The van der Waals surface area contributed by atoms with Gasteiger partial charge in [-0.15, -0.1) is 0 Å². The van der Waals surface area contributed by atoms with Gasteiger partial charge in [0.2, 0.25) is 5.91 Å². The fraction of sp³-hybridized carbons (Fsp3) is 0.368. The van der Waals surface area contributed by atoms with Crippen molar-refractivity contribution in [2.24, 2.45) is 5.92 Å². The van der Waals surface area contributed by atoms with Crippen LogP contribution in [0.25, 0.3) is 0 Å². The van der Waals surface area contributed by atoms with Gasteiger partial charge in [-0.05, 0) is 54.8 Å². The third-order valence-corrected chi connectivity index (χ3v) is 4.68. The Morgan fingerprint density at radius 3 is 2.58 bits per heavy atom. The van der Waals surface area contributed by atoms with E-state index in [1.54, 1.807) is 12.4 Å². The second-order valence-corrected chi connectivity index (χ2v) is 6.62. The minimum atomic E-state index is 0.0945. The molecule has 4 nitrogen and oxygen atoms in total. The standard InChI is InChI=1S/C19H22ClN3O/c20-18-3-1-15(2-4-18)8-12-23(14-16-5-9-21-10-6-16)19(24)17-7-11-22-13-17/h1-6,9-10,17,22H,7-8,11-14H2/t17-/m1/s1. The zero-order chi connectivity index (χ0) is 16.8. The minimum Gasteiger partial charge on any atom is -0.338 e. The van der Waals surface area contributed by atoms with E-state index in [0.717, 1.165) is 36.5 Å². The van der Waals surface area contributed by atoms with Crippen LogP contribution in [0, 0.1) is 5.92 Å². The van der Waals surface area contributed by atoms with Crippen LogP contribution in [0.4, 0.5) is 0 Å². The van der Waals surface area contributed by atoms with Crippen molar-refractivity contribution in [1.29, 1.82) is 0 Å². The summed E-state index contributed by atoms with van der Waals surface area (Å²) < 4.78 is 0. The van der Waals surface area contributed by atoms with Gasteiger partial charge in [-0.2, -0.15) is 0 Å². The summed E-state index contributed by atoms with van der Waals surface area (Å²) >= 11 is 5.94. The highest BCUT2D eigenvalue weighted by Gasteiger charge is 2.27. The maximum Gasteiger partial charge on any atom is 0.227 e. The molecule has 1 aliphatic rings. The van der Waals surface area contributed by atoms with Crippen molar-refractivity contribution in [3.63, 3.8) is 0 Å². The van der Waals surface area contributed by atoms with Gasteiger partial charge in [-0.3, -0.25) is 9.78 Å². The third-order valence-electron chi connectivity index (χ3n) is 4.43. The Morgan fingerprint density at radius 2 is 1.92 bits per heavy atom. The summed E-state index contributed by atoms with van der Waals surface area (Å²) in [6, 6.07) is 11.8. The normalized spacial score (nSPS) is 17.0. The van der Waals surface area contributed by atoms with Crippen LogP contribution in [0.5, 0.6) is 0 Å². The molecule has 1 saturated heterocycles. The second-order valence-electron chi connectivity index (χ2n) is 6.18. The molecule has 0 spiro atoms. The van der Waals surface area contributed by atoms with Gasteiger partial charge in [0.05, 0.1) is 5.92 Å². The predicted molar refractivity (Wildman–Crippen MR) is 95.8 cm³/mol. The van der Waals surface area contributed by atoms with Crippen LogP contribution in [-0.2, 0) is 17.8 Å². The summed E-state index contributed by atoms with van der Waals surface area (Å²) in [4.78, 5) is 18.9. The first-order valence-electron chi connectivity index (χ1n) is 8.35. The van der Waals surface area contributed by atoms with Gasteiger partial charge in [-0.1, -0.05) is 23.7 Å². The highest BCUT2D eigenvalue weighted by Crippen LogP contribution is 2.16. The van der Waals surface area contributed by atoms with E-state index in [0.29, 0.717) is 13.1 Å². The van der Waals surface area contributed by atoms with E-state index < -0.39 is 0 Å². The SMILES string of the molecule is O=C([C@@H]1CCNC1)N(CCc1ccc(Cl)cc1)Cc1ccncc1. The van der Waals surface area contributed by atoms with Crippen LogP contribution in [0.15, 0.2) is 48.8 Å². The molecule has 1 aromatic carbocycles. The number of nitrogens with one attached hydrogen (secondary N) is 1. The molecule has 5 heteroatoms. The maximum absolute atomic E-state index is 12.9. The number of carbonyl (C=O) groups is 1. The molecular weight excluding hydrogens is 322 g/mol. The highest BCUT2D eigenvalue weighted by molar-refractivity contribution is 6.30. The lowest BCUT2D eigenvalue weighted by atomic mass is 10.1. The molecule has 0 bridgehead atoms. The molecule has 0 aliphatic carbocycles. The number of amides is 1. The smallest absolute Gasteiger partial charge is 0.227 e. The van der Waals surface area contributed by atoms with E-state index in [2.05, 4.69) is 10.3 Å². The lowest BCUT2D eigenvalue weighted by Crippen LogP contribution is -2.38. The van der Waals surface area contributed by atoms with E-state index >= 15 is 0 Å². The zero-order valence-corrected chi connectivity index (χ0v) is 14.4. The number of halogens is 1. The molecule has 1 N–H and O–H groups in total. The van der Waals surface area contributed by atoms with Crippen LogP contribution in [0.3, 0.4) is 0 Å². The Balaban J connectivity index is 1.68. The predicted octanol–water partition coefficient (Wildman–Crippen LogP) is 2.92. The summed E-state index contributed by atoms with van der Waals surface area (Å²) in [5.41, 5.74) is 2.30. The molecule has 2 heterocycles. The number of pyridine rings is 1. The van der Waals surface area contributed by atoms with Crippen molar-refractivity contribution < 1.29 is 4.79 Å². The number of hydrogen-bond donors (Lipinski definition) is 1. The number of aromatic nitrogens is 1. The van der Waals surface area contributed by atoms with Crippen LogP contribution >= 0.6 is 11.6 Å². The largest absolute Gasteiger partial charge is 0.338 e. The van der Waals surface area contributed by atoms with Gasteiger partial charge in [-0.25, -0.2) is 0 Å². The summed E-state index contributed by atoms with van der Waals surface area (Å²) in [6.07, 6.45) is 5.30. The van der Waals surface area contributed by atoms with Gasteiger partial charge in [0.15, 0.2) is 0 Å². The second kappa shape index (κ2) is 8.27. The highest BCUT2D eigenvalue weighted by atomic mass is 35.5. The first-order chi connectivity index (χ1) is 11.7. The van der Waals surface area contributed by atoms with E-state index in [1.165, 1.54) is 5.56 Å². The van der Waals surface area contributed by atoms with E-state index in [4.69, 9.17) is 11.6 Å². The number of carbonyl (C=O) groups excluding carboxylic acids is 1. The van der Waals surface area contributed by atoms with Crippen molar-refractivity contribution in [3.8, 4) is 0 Å².